The van der Waals surface area contributed by atoms with Gasteiger partial charge in [0.05, 0.1) is 11.3 Å². The molecule has 1 fully saturated rings. The zero-order valence-electron chi connectivity index (χ0n) is 10.7. The Bertz CT molecular complexity index is 535. The lowest BCUT2D eigenvalue weighted by molar-refractivity contribution is 0.0697. The number of carbonyl (C=O) groups excluding carboxylic acids is 1. The van der Waals surface area contributed by atoms with Crippen molar-refractivity contribution in [2.24, 2.45) is 5.92 Å². The Kier molecular flexibility index (Phi) is 4.61. The Morgan fingerprint density at radius 3 is 2.80 bits per heavy atom. The molecule has 2 amide bonds. The lowest BCUT2D eigenvalue weighted by atomic mass is 10.1. The van der Waals surface area contributed by atoms with E-state index >= 15 is 0 Å². The fourth-order valence-electron chi connectivity index (χ4n) is 2.11. The SMILES string of the molecule is O=C(O)c1ccc(Br)c(NC(=O)N2CCC(CO)C2)c1. The van der Waals surface area contributed by atoms with Crippen molar-refractivity contribution in [2.75, 3.05) is 25.0 Å². The third kappa shape index (κ3) is 3.29. The first-order valence-corrected chi connectivity index (χ1v) is 7.00. The van der Waals surface area contributed by atoms with Crippen LogP contribution < -0.4 is 5.32 Å². The van der Waals surface area contributed by atoms with Gasteiger partial charge in [-0.25, -0.2) is 9.59 Å². The van der Waals surface area contributed by atoms with E-state index in [-0.39, 0.29) is 24.1 Å². The van der Waals surface area contributed by atoms with Crippen molar-refractivity contribution in [1.29, 1.82) is 0 Å². The van der Waals surface area contributed by atoms with Crippen LogP contribution in [-0.2, 0) is 0 Å². The molecular formula is C13H15BrN2O4. The van der Waals surface area contributed by atoms with Gasteiger partial charge in [-0.3, -0.25) is 0 Å². The number of amides is 2. The van der Waals surface area contributed by atoms with Gasteiger partial charge in [-0.15, -0.1) is 0 Å². The van der Waals surface area contributed by atoms with Crippen LogP contribution in [0.4, 0.5) is 10.5 Å². The Balaban J connectivity index is 2.08. The number of nitrogens with one attached hydrogen (secondary N) is 1. The van der Waals surface area contributed by atoms with Gasteiger partial charge in [-0.1, -0.05) is 0 Å². The Hall–Kier alpha value is -1.60. The summed E-state index contributed by atoms with van der Waals surface area (Å²) < 4.78 is 0.619. The molecule has 1 unspecified atom stereocenters. The Morgan fingerprint density at radius 1 is 1.45 bits per heavy atom. The number of aliphatic hydroxyl groups is 1. The average molecular weight is 343 g/mol. The standard InChI is InChI=1S/C13H15BrN2O4/c14-10-2-1-9(12(18)19)5-11(10)15-13(20)16-4-3-8(6-16)7-17/h1-2,5,8,17H,3-4,6-7H2,(H,15,20)(H,18,19). The number of carboxylic acids is 1. The fraction of sp³-hybridized carbons (Fsp3) is 0.385. The number of carboxylic acid groups (broad SMARTS) is 1. The van der Waals surface area contributed by atoms with E-state index in [2.05, 4.69) is 21.2 Å². The molecule has 20 heavy (non-hydrogen) atoms. The van der Waals surface area contributed by atoms with Gasteiger partial charge in [0.1, 0.15) is 0 Å². The molecule has 0 radical (unpaired) electrons. The maximum absolute atomic E-state index is 12.1. The minimum Gasteiger partial charge on any atom is -0.478 e. The number of benzene rings is 1. The monoisotopic (exact) mass is 342 g/mol. The van der Waals surface area contributed by atoms with Gasteiger partial charge in [0.15, 0.2) is 0 Å². The first kappa shape index (κ1) is 14.8. The quantitative estimate of drug-likeness (QED) is 0.783. The van der Waals surface area contributed by atoms with Crippen molar-refractivity contribution in [3.05, 3.63) is 28.2 Å². The van der Waals surface area contributed by atoms with Crippen molar-refractivity contribution >= 4 is 33.6 Å². The number of carbonyl (C=O) groups is 2. The molecule has 0 aromatic heterocycles. The smallest absolute Gasteiger partial charge is 0.335 e. The van der Waals surface area contributed by atoms with Crippen LogP contribution in [0.2, 0.25) is 0 Å². The van der Waals surface area contributed by atoms with E-state index in [4.69, 9.17) is 10.2 Å². The number of halogens is 1. The number of likely N-dealkylation sites (tertiary alicyclic amines) is 1. The summed E-state index contributed by atoms with van der Waals surface area (Å²) in [6.45, 7) is 1.17. The fourth-order valence-corrected chi connectivity index (χ4v) is 2.46. The van der Waals surface area contributed by atoms with Gasteiger partial charge in [0.25, 0.3) is 0 Å². The second kappa shape index (κ2) is 6.23. The highest BCUT2D eigenvalue weighted by Gasteiger charge is 2.26. The molecule has 0 bridgehead atoms. The predicted molar refractivity (Wildman–Crippen MR) is 76.9 cm³/mol. The van der Waals surface area contributed by atoms with Crippen LogP contribution in [0, 0.1) is 5.92 Å². The highest BCUT2D eigenvalue weighted by molar-refractivity contribution is 9.10. The van der Waals surface area contributed by atoms with Crippen LogP contribution in [0.1, 0.15) is 16.8 Å². The number of nitrogens with zero attached hydrogens (tertiary/aromatic N) is 1. The molecule has 1 heterocycles. The third-order valence-electron chi connectivity index (χ3n) is 3.29. The summed E-state index contributed by atoms with van der Waals surface area (Å²) in [5, 5.41) is 20.7. The van der Waals surface area contributed by atoms with Crippen molar-refractivity contribution in [3.8, 4) is 0 Å². The Morgan fingerprint density at radius 2 is 2.20 bits per heavy atom. The maximum atomic E-state index is 12.1. The van der Waals surface area contributed by atoms with Crippen LogP contribution in [0.3, 0.4) is 0 Å². The van der Waals surface area contributed by atoms with Crippen LogP contribution in [0.15, 0.2) is 22.7 Å². The molecule has 7 heteroatoms. The molecule has 2 rings (SSSR count). The van der Waals surface area contributed by atoms with Crippen molar-refractivity contribution < 1.29 is 19.8 Å². The van der Waals surface area contributed by atoms with E-state index in [0.29, 0.717) is 23.2 Å². The summed E-state index contributed by atoms with van der Waals surface area (Å²) in [6.07, 6.45) is 0.778. The zero-order chi connectivity index (χ0) is 14.7. The van der Waals surface area contributed by atoms with Crippen LogP contribution >= 0.6 is 15.9 Å². The van der Waals surface area contributed by atoms with E-state index < -0.39 is 5.97 Å². The topological polar surface area (TPSA) is 89.9 Å². The molecule has 1 saturated heterocycles. The number of aromatic carboxylic acids is 1. The lowest BCUT2D eigenvalue weighted by Crippen LogP contribution is -2.33. The molecule has 108 valence electrons. The largest absolute Gasteiger partial charge is 0.478 e. The molecule has 1 aromatic rings. The molecule has 1 aliphatic rings. The number of rotatable bonds is 3. The number of anilines is 1. The van der Waals surface area contributed by atoms with Crippen LogP contribution in [0.25, 0.3) is 0 Å². The molecule has 6 nitrogen and oxygen atoms in total. The molecule has 0 aliphatic carbocycles. The normalized spacial score (nSPS) is 18.1. The summed E-state index contributed by atoms with van der Waals surface area (Å²) in [4.78, 5) is 24.6. The maximum Gasteiger partial charge on any atom is 0.335 e. The number of hydrogen-bond acceptors (Lipinski definition) is 3. The number of urea groups is 1. The summed E-state index contributed by atoms with van der Waals surface area (Å²) in [5.74, 6) is -0.927. The van der Waals surface area contributed by atoms with Crippen molar-refractivity contribution in [1.82, 2.24) is 4.90 Å². The summed E-state index contributed by atoms with van der Waals surface area (Å²) in [7, 11) is 0. The van der Waals surface area contributed by atoms with Gasteiger partial charge >= 0.3 is 12.0 Å². The summed E-state index contributed by atoms with van der Waals surface area (Å²) >= 11 is 3.28. The predicted octanol–water partition coefficient (Wildman–Crippen LogP) is 1.99. The minimum absolute atomic E-state index is 0.0714. The first-order valence-electron chi connectivity index (χ1n) is 6.21. The number of hydrogen-bond donors (Lipinski definition) is 3. The van der Waals surface area contributed by atoms with Gasteiger partial charge in [-0.2, -0.15) is 0 Å². The van der Waals surface area contributed by atoms with E-state index in [0.717, 1.165) is 6.42 Å². The number of aliphatic hydroxyl groups excluding tert-OH is 1. The van der Waals surface area contributed by atoms with Gasteiger partial charge in [-0.05, 0) is 40.5 Å². The molecular weight excluding hydrogens is 328 g/mol. The molecule has 0 saturated carbocycles. The molecule has 1 atom stereocenters. The van der Waals surface area contributed by atoms with E-state index in [1.165, 1.54) is 12.1 Å². The summed E-state index contributed by atoms with van der Waals surface area (Å²) in [6, 6.07) is 4.16. The molecule has 1 aliphatic heterocycles. The molecule has 0 spiro atoms. The third-order valence-corrected chi connectivity index (χ3v) is 3.98. The van der Waals surface area contributed by atoms with Crippen LogP contribution in [-0.4, -0.2) is 46.8 Å². The summed E-state index contributed by atoms with van der Waals surface area (Å²) in [5.41, 5.74) is 0.528. The highest BCUT2D eigenvalue weighted by atomic mass is 79.9. The molecule has 3 N–H and O–H groups in total. The minimum atomic E-state index is -1.05. The van der Waals surface area contributed by atoms with Crippen LogP contribution in [0.5, 0.6) is 0 Å². The lowest BCUT2D eigenvalue weighted by Gasteiger charge is -2.18. The average Bonchev–Trinajstić information content (AvgIpc) is 2.89. The van der Waals surface area contributed by atoms with Gasteiger partial charge in [0.2, 0.25) is 0 Å². The first-order chi connectivity index (χ1) is 9.51. The van der Waals surface area contributed by atoms with Gasteiger partial charge < -0.3 is 20.4 Å². The van der Waals surface area contributed by atoms with E-state index in [9.17, 15) is 9.59 Å². The Labute approximate surface area is 124 Å². The highest BCUT2D eigenvalue weighted by Crippen LogP contribution is 2.25. The zero-order valence-corrected chi connectivity index (χ0v) is 12.3. The molecule has 1 aromatic carbocycles. The van der Waals surface area contributed by atoms with E-state index in [1.807, 2.05) is 0 Å². The van der Waals surface area contributed by atoms with Gasteiger partial charge in [0, 0.05) is 30.1 Å². The van der Waals surface area contributed by atoms with E-state index in [1.54, 1.807) is 11.0 Å². The van der Waals surface area contributed by atoms with Crippen molar-refractivity contribution in [2.45, 2.75) is 6.42 Å². The second-order valence-electron chi connectivity index (χ2n) is 4.71. The van der Waals surface area contributed by atoms with Crippen molar-refractivity contribution in [3.63, 3.8) is 0 Å². The second-order valence-corrected chi connectivity index (χ2v) is 5.57.